The van der Waals surface area contributed by atoms with E-state index >= 15 is 0 Å². The zero-order valence-corrected chi connectivity index (χ0v) is 18.8. The molecular weight excluding hydrogens is 354 g/mol. The Morgan fingerprint density at radius 3 is 2.30 bits per heavy atom. The van der Waals surface area contributed by atoms with Crippen molar-refractivity contribution in [2.45, 2.75) is 83.8 Å². The van der Waals surface area contributed by atoms with E-state index in [2.05, 4.69) is 31.8 Å². The van der Waals surface area contributed by atoms with Crippen LogP contribution in [0.15, 0.2) is 24.3 Å². The van der Waals surface area contributed by atoms with E-state index in [1.807, 2.05) is 37.8 Å². The highest BCUT2D eigenvalue weighted by atomic mass is 28.3. The van der Waals surface area contributed by atoms with Crippen LogP contribution in [0.3, 0.4) is 0 Å². The Morgan fingerprint density at radius 2 is 1.74 bits per heavy atom. The summed E-state index contributed by atoms with van der Waals surface area (Å²) < 4.78 is 5.60. The molecule has 1 aromatic rings. The minimum absolute atomic E-state index is 0.0559. The number of Topliss-reactive ketones (excluding diaryl/α,β-unsaturated/α-hetero) is 1. The third-order valence-corrected chi connectivity index (χ3v) is 6.08. The number of rotatable bonds is 5. The fourth-order valence-electron chi connectivity index (χ4n) is 3.56. The minimum Gasteiger partial charge on any atom is -0.444 e. The average molecular weight is 390 g/mol. The molecule has 1 unspecified atom stereocenters. The molecule has 1 aliphatic rings. The number of nitrogens with zero attached hydrogens (tertiary/aromatic N) is 1. The number of benzene rings is 1. The smallest absolute Gasteiger partial charge is 0.410 e. The second kappa shape index (κ2) is 8.59. The molecule has 0 radical (unpaired) electrons. The number of amides is 1. The van der Waals surface area contributed by atoms with Crippen LogP contribution in [0.2, 0.25) is 25.7 Å². The van der Waals surface area contributed by atoms with E-state index in [4.69, 9.17) is 4.74 Å². The van der Waals surface area contributed by atoms with Gasteiger partial charge in [-0.05, 0) is 51.2 Å². The Balaban J connectivity index is 2.07. The van der Waals surface area contributed by atoms with Crippen LogP contribution in [-0.4, -0.2) is 37.0 Å². The van der Waals surface area contributed by atoms with Gasteiger partial charge in [0.2, 0.25) is 0 Å². The molecule has 0 spiro atoms. The molecule has 0 aliphatic carbocycles. The Hall–Kier alpha value is -1.62. The van der Waals surface area contributed by atoms with Crippen molar-refractivity contribution >= 4 is 20.0 Å². The van der Waals surface area contributed by atoms with Crippen LogP contribution in [0.4, 0.5) is 4.79 Å². The summed E-state index contributed by atoms with van der Waals surface area (Å²) in [6.45, 7) is 13.1. The summed E-state index contributed by atoms with van der Waals surface area (Å²) in [6.07, 6.45) is 3.35. The van der Waals surface area contributed by atoms with Crippen molar-refractivity contribution in [2.24, 2.45) is 0 Å². The number of carbonyl (C=O) groups excluding carboxylic acids is 2. The first kappa shape index (κ1) is 21.7. The number of hydrogen-bond donors (Lipinski definition) is 0. The first-order valence-corrected chi connectivity index (χ1v) is 13.8. The molecule has 0 bridgehead atoms. The van der Waals surface area contributed by atoms with Gasteiger partial charge in [-0.2, -0.15) is 0 Å². The molecular formula is C22H35NO3Si. The molecule has 27 heavy (non-hydrogen) atoms. The van der Waals surface area contributed by atoms with Gasteiger partial charge in [-0.25, -0.2) is 4.79 Å². The first-order chi connectivity index (χ1) is 12.4. The standard InChI is InChI=1S/C22H35NO3Si/c1-22(2,3)26-21(25)23-14-8-7-9-20(23)18-12-10-17(11-13-18)15-19(24)16-27(4,5)6/h10-13,20H,7-9,14-16H2,1-6H3. The maximum Gasteiger partial charge on any atom is 0.410 e. The van der Waals surface area contributed by atoms with Gasteiger partial charge < -0.3 is 9.64 Å². The zero-order chi connectivity index (χ0) is 20.2. The molecule has 5 heteroatoms. The summed E-state index contributed by atoms with van der Waals surface area (Å²) in [5, 5.41) is 0. The zero-order valence-electron chi connectivity index (χ0n) is 17.8. The first-order valence-electron chi connectivity index (χ1n) is 10.0. The quantitative estimate of drug-likeness (QED) is 0.616. The Labute approximate surface area is 165 Å². The van der Waals surface area contributed by atoms with Gasteiger partial charge in [0.05, 0.1) is 14.1 Å². The summed E-state index contributed by atoms with van der Waals surface area (Å²) in [6, 6.07) is 9.01. The Morgan fingerprint density at radius 1 is 1.11 bits per heavy atom. The molecule has 0 saturated carbocycles. The fraction of sp³-hybridized carbons (Fsp3) is 0.636. The molecule has 1 amide bonds. The molecule has 150 valence electrons. The Kier molecular flexibility index (Phi) is 6.90. The number of carbonyl (C=O) groups is 2. The van der Waals surface area contributed by atoms with Gasteiger partial charge in [-0.1, -0.05) is 43.9 Å². The van der Waals surface area contributed by atoms with Crippen LogP contribution in [0.1, 0.15) is 57.2 Å². The molecule has 4 nitrogen and oxygen atoms in total. The fourth-order valence-corrected chi connectivity index (χ4v) is 4.86. The van der Waals surface area contributed by atoms with Gasteiger partial charge in [-0.3, -0.25) is 4.79 Å². The van der Waals surface area contributed by atoms with Crippen LogP contribution in [-0.2, 0) is 16.0 Å². The van der Waals surface area contributed by atoms with Crippen molar-refractivity contribution in [3.63, 3.8) is 0 Å². The highest BCUT2D eigenvalue weighted by Crippen LogP contribution is 2.32. The van der Waals surface area contributed by atoms with Gasteiger partial charge in [0.1, 0.15) is 11.4 Å². The Bertz CT molecular complexity index is 656. The van der Waals surface area contributed by atoms with Crippen molar-refractivity contribution < 1.29 is 14.3 Å². The molecule has 2 rings (SSSR count). The molecule has 1 heterocycles. The third-order valence-electron chi connectivity index (χ3n) is 4.62. The molecule has 0 N–H and O–H groups in total. The van der Waals surface area contributed by atoms with Crippen LogP contribution in [0.5, 0.6) is 0 Å². The summed E-state index contributed by atoms with van der Waals surface area (Å²) in [5.41, 5.74) is 1.70. The van der Waals surface area contributed by atoms with Gasteiger partial charge in [-0.15, -0.1) is 0 Å². The van der Waals surface area contributed by atoms with Crippen LogP contribution in [0.25, 0.3) is 0 Å². The predicted molar refractivity (Wildman–Crippen MR) is 113 cm³/mol. The third kappa shape index (κ3) is 7.13. The maximum absolute atomic E-state index is 12.6. The molecule has 1 atom stereocenters. The predicted octanol–water partition coefficient (Wildman–Crippen LogP) is 5.60. The van der Waals surface area contributed by atoms with Gasteiger partial charge in [0.15, 0.2) is 0 Å². The second-order valence-electron chi connectivity index (χ2n) is 9.88. The van der Waals surface area contributed by atoms with E-state index in [9.17, 15) is 9.59 Å². The van der Waals surface area contributed by atoms with E-state index in [0.717, 1.165) is 43.0 Å². The van der Waals surface area contributed by atoms with Crippen LogP contribution >= 0.6 is 0 Å². The van der Waals surface area contributed by atoms with Gasteiger partial charge in [0.25, 0.3) is 0 Å². The van der Waals surface area contributed by atoms with Gasteiger partial charge >= 0.3 is 6.09 Å². The second-order valence-corrected chi connectivity index (χ2v) is 15.4. The van der Waals surface area contributed by atoms with Crippen molar-refractivity contribution in [3.05, 3.63) is 35.4 Å². The topological polar surface area (TPSA) is 46.6 Å². The normalized spacial score (nSPS) is 18.3. The van der Waals surface area contributed by atoms with E-state index in [-0.39, 0.29) is 12.1 Å². The molecule has 0 aromatic heterocycles. The average Bonchev–Trinajstić information content (AvgIpc) is 2.52. The summed E-state index contributed by atoms with van der Waals surface area (Å²) in [4.78, 5) is 26.7. The van der Waals surface area contributed by atoms with Gasteiger partial charge in [0, 0.05) is 19.0 Å². The highest BCUT2D eigenvalue weighted by Gasteiger charge is 2.31. The summed E-state index contributed by atoms with van der Waals surface area (Å²) in [7, 11) is -1.36. The maximum atomic E-state index is 12.6. The van der Waals surface area contributed by atoms with Crippen molar-refractivity contribution in [3.8, 4) is 0 Å². The SMILES string of the molecule is CC(C)(C)OC(=O)N1CCCCC1c1ccc(CC(=O)C[Si](C)(C)C)cc1. The molecule has 1 aromatic carbocycles. The highest BCUT2D eigenvalue weighted by molar-refractivity contribution is 6.78. The van der Waals surface area contributed by atoms with E-state index < -0.39 is 13.7 Å². The lowest BCUT2D eigenvalue weighted by Crippen LogP contribution is -2.41. The molecule has 1 aliphatic heterocycles. The summed E-state index contributed by atoms with van der Waals surface area (Å²) >= 11 is 0. The lowest BCUT2D eigenvalue weighted by atomic mass is 9.94. The lowest BCUT2D eigenvalue weighted by Gasteiger charge is -2.37. The van der Waals surface area contributed by atoms with Crippen molar-refractivity contribution in [1.29, 1.82) is 0 Å². The summed E-state index contributed by atoms with van der Waals surface area (Å²) in [5.74, 6) is 0.329. The minimum atomic E-state index is -1.36. The van der Waals surface area contributed by atoms with Crippen LogP contribution in [0, 0.1) is 0 Å². The molecule has 1 saturated heterocycles. The number of ether oxygens (including phenoxy) is 1. The number of ketones is 1. The monoisotopic (exact) mass is 389 g/mol. The lowest BCUT2D eigenvalue weighted by molar-refractivity contribution is -0.116. The van der Waals surface area contributed by atoms with E-state index in [1.54, 1.807) is 0 Å². The number of piperidine rings is 1. The van der Waals surface area contributed by atoms with Crippen molar-refractivity contribution in [1.82, 2.24) is 4.90 Å². The number of likely N-dealkylation sites (tertiary alicyclic amines) is 1. The largest absolute Gasteiger partial charge is 0.444 e. The van der Waals surface area contributed by atoms with E-state index in [1.165, 1.54) is 0 Å². The van der Waals surface area contributed by atoms with Crippen LogP contribution < -0.4 is 0 Å². The molecule has 1 fully saturated rings. The number of hydrogen-bond acceptors (Lipinski definition) is 3. The van der Waals surface area contributed by atoms with E-state index in [0.29, 0.717) is 12.2 Å². The van der Waals surface area contributed by atoms with Crippen molar-refractivity contribution in [2.75, 3.05) is 6.54 Å².